The van der Waals surface area contributed by atoms with E-state index >= 15 is 0 Å². The Labute approximate surface area is 232 Å². The molecule has 1 heterocycles. The van der Waals surface area contributed by atoms with Crippen LogP contribution in [-0.2, 0) is 16.0 Å². The molecular weight excluding hydrogens is 500 g/mol. The summed E-state index contributed by atoms with van der Waals surface area (Å²) in [5.74, 6) is -0.238. The standard InChI is InChI=1S/C33H30N4O3/c1-32-11-12-33(20-32,13-15-40-23-7-9-28-26(16-23)22(10-14-34)18-36-28)27(19-38)30(32)31(39)37-29-8-6-21(17-35)24-4-2-3-5-25(24)29/h2-9,16,18-19,27,30,36H,10-13,15,20H2,1H3,(H,37,39)/t27-,30-,32+,33+/m1/s1. The van der Waals surface area contributed by atoms with Gasteiger partial charge in [0, 0.05) is 39.5 Å². The summed E-state index contributed by atoms with van der Waals surface area (Å²) in [6.07, 6.45) is 6.45. The highest BCUT2D eigenvalue weighted by atomic mass is 16.5. The number of carbonyl (C=O) groups excluding carboxylic acids is 2. The van der Waals surface area contributed by atoms with Crippen molar-refractivity contribution in [3.63, 3.8) is 0 Å². The maximum Gasteiger partial charge on any atom is 0.228 e. The van der Waals surface area contributed by atoms with Gasteiger partial charge >= 0.3 is 0 Å². The maximum absolute atomic E-state index is 13.8. The second kappa shape index (κ2) is 9.84. The number of rotatable bonds is 8. The molecule has 2 saturated carbocycles. The highest BCUT2D eigenvalue weighted by Crippen LogP contribution is 2.68. The Morgan fingerprint density at radius 3 is 2.73 bits per heavy atom. The number of aromatic amines is 1. The number of ether oxygens (including phenoxy) is 1. The molecule has 7 heteroatoms. The van der Waals surface area contributed by atoms with Gasteiger partial charge in [0.25, 0.3) is 0 Å². The molecule has 2 fully saturated rings. The van der Waals surface area contributed by atoms with Gasteiger partial charge in [0.1, 0.15) is 12.0 Å². The molecule has 0 spiro atoms. The fourth-order valence-corrected chi connectivity index (χ4v) is 7.50. The fourth-order valence-electron chi connectivity index (χ4n) is 7.50. The number of fused-ring (bicyclic) bond motifs is 4. The Bertz CT molecular complexity index is 1730. The molecular formula is C33H30N4O3. The third kappa shape index (κ3) is 4.10. The first-order valence-electron chi connectivity index (χ1n) is 13.7. The lowest BCUT2D eigenvalue weighted by Gasteiger charge is -2.38. The molecule has 200 valence electrons. The highest BCUT2D eigenvalue weighted by Gasteiger charge is 2.65. The number of hydrogen-bond donors (Lipinski definition) is 2. The molecule has 0 unspecified atom stereocenters. The quantitative estimate of drug-likeness (QED) is 0.260. The number of nitrogens with zero attached hydrogens (tertiary/aromatic N) is 2. The molecule has 2 aliphatic carbocycles. The molecule has 4 atom stereocenters. The van der Waals surface area contributed by atoms with E-state index in [1.807, 2.05) is 48.7 Å². The number of aromatic nitrogens is 1. The average molecular weight is 531 g/mol. The Morgan fingerprint density at radius 2 is 1.95 bits per heavy atom. The van der Waals surface area contributed by atoms with Crippen molar-refractivity contribution in [3.8, 4) is 17.9 Å². The van der Waals surface area contributed by atoms with Crippen LogP contribution in [0.4, 0.5) is 5.69 Å². The topological polar surface area (TPSA) is 119 Å². The zero-order valence-electron chi connectivity index (χ0n) is 22.4. The molecule has 7 nitrogen and oxygen atoms in total. The number of nitriles is 2. The summed E-state index contributed by atoms with van der Waals surface area (Å²) < 4.78 is 6.17. The Hall–Kier alpha value is -4.62. The largest absolute Gasteiger partial charge is 0.494 e. The van der Waals surface area contributed by atoms with Gasteiger partial charge in [0.05, 0.1) is 36.6 Å². The lowest BCUT2D eigenvalue weighted by Crippen LogP contribution is -2.42. The monoisotopic (exact) mass is 530 g/mol. The predicted molar refractivity (Wildman–Crippen MR) is 152 cm³/mol. The van der Waals surface area contributed by atoms with Crippen LogP contribution in [-0.4, -0.2) is 23.8 Å². The maximum atomic E-state index is 13.8. The van der Waals surface area contributed by atoms with Gasteiger partial charge in [-0.05, 0) is 72.4 Å². The van der Waals surface area contributed by atoms with Crippen LogP contribution in [0.5, 0.6) is 5.75 Å². The Morgan fingerprint density at radius 1 is 1.12 bits per heavy atom. The second-order valence-corrected chi connectivity index (χ2v) is 11.6. The van der Waals surface area contributed by atoms with Crippen molar-refractivity contribution in [3.05, 3.63) is 71.9 Å². The van der Waals surface area contributed by atoms with Crippen LogP contribution in [0.25, 0.3) is 21.7 Å². The minimum Gasteiger partial charge on any atom is -0.494 e. The third-order valence-corrected chi connectivity index (χ3v) is 9.38. The lowest BCUT2D eigenvalue weighted by atomic mass is 9.66. The zero-order chi connectivity index (χ0) is 27.9. The van der Waals surface area contributed by atoms with E-state index in [0.717, 1.165) is 58.5 Å². The van der Waals surface area contributed by atoms with Gasteiger partial charge in [-0.2, -0.15) is 10.5 Å². The Kier molecular flexibility index (Phi) is 6.31. The number of benzene rings is 3. The Balaban J connectivity index is 1.20. The van der Waals surface area contributed by atoms with Crippen molar-refractivity contribution < 1.29 is 14.3 Å². The third-order valence-electron chi connectivity index (χ3n) is 9.38. The SMILES string of the molecule is C[C@]12CC[C@](CCOc3ccc4[nH]cc(CC#N)c4c3)(C1)[C@H](C=O)[C@@H]2C(=O)Nc1ccc(C#N)c2ccccc12. The van der Waals surface area contributed by atoms with Crippen molar-refractivity contribution in [1.29, 1.82) is 10.5 Å². The van der Waals surface area contributed by atoms with Gasteiger partial charge in [0.15, 0.2) is 0 Å². The van der Waals surface area contributed by atoms with E-state index in [1.54, 1.807) is 12.1 Å². The number of H-pyrrole nitrogens is 1. The van der Waals surface area contributed by atoms with Gasteiger partial charge in [-0.15, -0.1) is 0 Å². The van der Waals surface area contributed by atoms with E-state index in [2.05, 4.69) is 29.4 Å². The first-order chi connectivity index (χ1) is 19.4. The molecule has 2 aliphatic rings. The van der Waals surface area contributed by atoms with Crippen molar-refractivity contribution in [2.45, 2.75) is 39.0 Å². The molecule has 1 amide bonds. The number of hydrogen-bond acceptors (Lipinski definition) is 5. The number of amides is 1. The summed E-state index contributed by atoms with van der Waals surface area (Å²) in [5.41, 5.74) is 2.56. The minimum absolute atomic E-state index is 0.139. The number of nitrogens with one attached hydrogen (secondary N) is 2. The van der Waals surface area contributed by atoms with Crippen molar-refractivity contribution in [1.82, 2.24) is 4.98 Å². The van der Waals surface area contributed by atoms with Gasteiger partial charge < -0.3 is 19.8 Å². The van der Waals surface area contributed by atoms with Crippen LogP contribution in [0.15, 0.2) is 60.8 Å². The summed E-state index contributed by atoms with van der Waals surface area (Å²) in [4.78, 5) is 29.6. The van der Waals surface area contributed by atoms with Crippen LogP contribution < -0.4 is 10.1 Å². The molecule has 0 saturated heterocycles. The highest BCUT2D eigenvalue weighted by molar-refractivity contribution is 6.05. The first kappa shape index (κ1) is 25.6. The van der Waals surface area contributed by atoms with E-state index < -0.39 is 11.8 Å². The van der Waals surface area contributed by atoms with E-state index in [9.17, 15) is 14.9 Å². The summed E-state index contributed by atoms with van der Waals surface area (Å²) in [7, 11) is 0. The van der Waals surface area contributed by atoms with Crippen LogP contribution in [0.2, 0.25) is 0 Å². The molecule has 40 heavy (non-hydrogen) atoms. The summed E-state index contributed by atoms with van der Waals surface area (Å²) in [6, 6.07) is 21.3. The van der Waals surface area contributed by atoms with Gasteiger partial charge in [-0.1, -0.05) is 31.2 Å². The average Bonchev–Trinajstić information content (AvgIpc) is 3.60. The van der Waals surface area contributed by atoms with Crippen LogP contribution in [0, 0.1) is 45.3 Å². The van der Waals surface area contributed by atoms with Gasteiger partial charge in [-0.25, -0.2) is 0 Å². The first-order valence-corrected chi connectivity index (χ1v) is 13.7. The van der Waals surface area contributed by atoms with Crippen molar-refractivity contribution in [2.24, 2.45) is 22.7 Å². The van der Waals surface area contributed by atoms with E-state index in [1.165, 1.54) is 0 Å². The summed E-state index contributed by atoms with van der Waals surface area (Å²) in [5, 5.41) is 24.3. The smallest absolute Gasteiger partial charge is 0.228 e. The second-order valence-electron chi connectivity index (χ2n) is 11.6. The minimum atomic E-state index is -0.432. The number of carbonyl (C=O) groups is 2. The van der Waals surface area contributed by atoms with Crippen molar-refractivity contribution >= 4 is 39.6 Å². The zero-order valence-corrected chi connectivity index (χ0v) is 22.4. The van der Waals surface area contributed by atoms with E-state index in [0.29, 0.717) is 30.7 Å². The molecule has 0 aliphatic heterocycles. The van der Waals surface area contributed by atoms with Crippen LogP contribution >= 0.6 is 0 Å². The predicted octanol–water partition coefficient (Wildman–Crippen LogP) is 6.29. The molecule has 2 N–H and O–H groups in total. The number of anilines is 1. The van der Waals surface area contributed by atoms with Gasteiger partial charge in [-0.3, -0.25) is 4.79 Å². The molecule has 3 aromatic carbocycles. The number of aldehydes is 1. The summed E-state index contributed by atoms with van der Waals surface area (Å²) >= 11 is 0. The normalized spacial score (nSPS) is 25.0. The molecule has 4 aromatic rings. The van der Waals surface area contributed by atoms with Gasteiger partial charge in [0.2, 0.25) is 5.91 Å². The molecule has 1 aromatic heterocycles. The fraction of sp³-hybridized carbons (Fsp3) is 0.333. The van der Waals surface area contributed by atoms with E-state index in [-0.39, 0.29) is 16.7 Å². The lowest BCUT2D eigenvalue weighted by molar-refractivity contribution is -0.131. The van der Waals surface area contributed by atoms with Crippen LogP contribution in [0.1, 0.15) is 43.7 Å². The van der Waals surface area contributed by atoms with E-state index in [4.69, 9.17) is 10.00 Å². The van der Waals surface area contributed by atoms with Crippen LogP contribution in [0.3, 0.4) is 0 Å². The molecule has 0 radical (unpaired) electrons. The van der Waals surface area contributed by atoms with Crippen molar-refractivity contribution in [2.75, 3.05) is 11.9 Å². The molecule has 6 rings (SSSR count). The molecule has 2 bridgehead atoms. The summed E-state index contributed by atoms with van der Waals surface area (Å²) in [6.45, 7) is 2.58.